The summed E-state index contributed by atoms with van der Waals surface area (Å²) >= 11 is 5.92. The molecule has 1 aliphatic heterocycles. The zero-order chi connectivity index (χ0) is 18.8. The number of esters is 1. The molecular weight excluding hydrogens is 366 g/mol. The predicted octanol–water partition coefficient (Wildman–Crippen LogP) is 4.21. The lowest BCUT2D eigenvalue weighted by atomic mass is 10.1. The number of carbonyl (C=O) groups excluding carboxylic acids is 2. The molecule has 0 bridgehead atoms. The summed E-state index contributed by atoms with van der Waals surface area (Å²) in [7, 11) is 0. The zero-order valence-electron chi connectivity index (χ0n) is 13.6. The van der Waals surface area contributed by atoms with E-state index in [-0.39, 0.29) is 17.7 Å². The van der Waals surface area contributed by atoms with Gasteiger partial charge in [0, 0.05) is 16.1 Å². The van der Waals surface area contributed by atoms with Crippen LogP contribution in [0.1, 0.15) is 22.8 Å². The molecule has 1 unspecified atom stereocenters. The number of rotatable bonds is 4. The van der Waals surface area contributed by atoms with Crippen LogP contribution in [0.4, 0.5) is 8.78 Å². The van der Waals surface area contributed by atoms with Crippen LogP contribution < -0.4 is 4.74 Å². The van der Waals surface area contributed by atoms with Gasteiger partial charge in [0.05, 0.1) is 5.57 Å². The quantitative estimate of drug-likeness (QED) is 0.591. The van der Waals surface area contributed by atoms with Crippen molar-refractivity contribution in [1.29, 1.82) is 0 Å². The lowest BCUT2D eigenvalue weighted by Gasteiger charge is -2.19. The first-order valence-corrected chi connectivity index (χ1v) is 8.06. The van der Waals surface area contributed by atoms with Gasteiger partial charge in [-0.1, -0.05) is 11.6 Å². The lowest BCUT2D eigenvalue weighted by Crippen LogP contribution is -2.27. The first-order chi connectivity index (χ1) is 12.3. The van der Waals surface area contributed by atoms with Crippen molar-refractivity contribution in [2.45, 2.75) is 13.0 Å². The fourth-order valence-electron chi connectivity index (χ4n) is 2.44. The molecule has 0 radical (unpaired) electrons. The molecule has 0 aromatic heterocycles. The van der Waals surface area contributed by atoms with Crippen molar-refractivity contribution in [3.63, 3.8) is 0 Å². The molecule has 7 heteroatoms. The van der Waals surface area contributed by atoms with Crippen molar-refractivity contribution >= 4 is 29.4 Å². The summed E-state index contributed by atoms with van der Waals surface area (Å²) in [5.41, 5.74) is 0.746. The topological polar surface area (TPSA) is 52.6 Å². The highest BCUT2D eigenvalue weighted by Crippen LogP contribution is 2.29. The maximum Gasteiger partial charge on any atom is 0.338 e. The van der Waals surface area contributed by atoms with Gasteiger partial charge in [0.2, 0.25) is 5.78 Å². The van der Waals surface area contributed by atoms with Gasteiger partial charge >= 0.3 is 5.97 Å². The Bertz CT molecular complexity index is 924. The number of hydrogen-bond acceptors (Lipinski definition) is 4. The number of carbonyl (C=O) groups is 2. The van der Waals surface area contributed by atoms with Crippen molar-refractivity contribution in [2.24, 2.45) is 0 Å². The summed E-state index contributed by atoms with van der Waals surface area (Å²) in [6.45, 7) is 1.34. The second-order valence-electron chi connectivity index (χ2n) is 5.68. The maximum absolute atomic E-state index is 13.3. The fourth-order valence-corrected chi connectivity index (χ4v) is 2.62. The van der Waals surface area contributed by atoms with Crippen molar-refractivity contribution in [3.05, 3.63) is 69.8 Å². The SMILES string of the molecule is CC(OC(=O)C1=Cc2cc(Cl)ccc2OC1)C(=O)c1ccc(F)c(F)c1. The van der Waals surface area contributed by atoms with Crippen LogP contribution in [-0.4, -0.2) is 24.5 Å². The van der Waals surface area contributed by atoms with Gasteiger partial charge in [-0.2, -0.15) is 0 Å². The van der Waals surface area contributed by atoms with E-state index in [0.29, 0.717) is 16.3 Å². The van der Waals surface area contributed by atoms with E-state index in [2.05, 4.69) is 0 Å². The van der Waals surface area contributed by atoms with Crippen LogP contribution in [0.2, 0.25) is 5.02 Å². The molecule has 26 heavy (non-hydrogen) atoms. The molecule has 1 heterocycles. The highest BCUT2D eigenvalue weighted by Gasteiger charge is 2.24. The molecule has 0 N–H and O–H groups in total. The minimum absolute atomic E-state index is 0.0143. The minimum atomic E-state index is -1.17. The number of hydrogen-bond donors (Lipinski definition) is 0. The van der Waals surface area contributed by atoms with Crippen molar-refractivity contribution in [1.82, 2.24) is 0 Å². The van der Waals surface area contributed by atoms with Gasteiger partial charge in [-0.15, -0.1) is 0 Å². The summed E-state index contributed by atoms with van der Waals surface area (Å²) < 4.78 is 36.8. The second kappa shape index (κ2) is 7.25. The fraction of sp³-hybridized carbons (Fsp3) is 0.158. The van der Waals surface area contributed by atoms with Gasteiger partial charge < -0.3 is 9.47 Å². The van der Waals surface area contributed by atoms with Crippen LogP contribution in [0.25, 0.3) is 6.08 Å². The standard InChI is InChI=1S/C19H13ClF2O4/c1-10(18(23)11-2-4-15(21)16(22)8-11)26-19(24)13-6-12-7-14(20)3-5-17(12)25-9-13/h2-8,10H,9H2,1H3. The summed E-state index contributed by atoms with van der Waals surface area (Å²) in [4.78, 5) is 24.5. The van der Waals surface area contributed by atoms with Crippen molar-refractivity contribution < 1.29 is 27.8 Å². The largest absolute Gasteiger partial charge is 0.488 e. The first-order valence-electron chi connectivity index (χ1n) is 7.68. The molecule has 0 saturated heterocycles. The third-order valence-electron chi connectivity index (χ3n) is 3.80. The van der Waals surface area contributed by atoms with Crippen molar-refractivity contribution in [3.8, 4) is 5.75 Å². The molecule has 134 valence electrons. The number of Topliss-reactive ketones (excluding diaryl/α,β-unsaturated/α-hetero) is 1. The highest BCUT2D eigenvalue weighted by molar-refractivity contribution is 6.30. The van der Waals surface area contributed by atoms with E-state index in [1.807, 2.05) is 0 Å². The molecule has 3 rings (SSSR count). The van der Waals surface area contributed by atoms with E-state index in [9.17, 15) is 18.4 Å². The number of halogens is 3. The lowest BCUT2D eigenvalue weighted by molar-refractivity contribution is -0.141. The molecule has 0 saturated carbocycles. The molecule has 0 aliphatic carbocycles. The van der Waals surface area contributed by atoms with E-state index in [4.69, 9.17) is 21.1 Å². The van der Waals surface area contributed by atoms with Gasteiger partial charge in [-0.25, -0.2) is 13.6 Å². The monoisotopic (exact) mass is 378 g/mol. The Morgan fingerprint density at radius 2 is 1.92 bits per heavy atom. The molecule has 1 aliphatic rings. The molecule has 2 aromatic rings. The van der Waals surface area contributed by atoms with Crippen LogP contribution in [0.15, 0.2) is 42.0 Å². The molecule has 1 atom stereocenters. The Morgan fingerprint density at radius 1 is 1.15 bits per heavy atom. The summed E-state index contributed by atoms with van der Waals surface area (Å²) in [5.74, 6) is -3.01. The molecular formula is C19H13ClF2O4. The third kappa shape index (κ3) is 3.75. The van der Waals surface area contributed by atoms with E-state index in [1.54, 1.807) is 24.3 Å². The van der Waals surface area contributed by atoms with Gasteiger partial charge in [-0.05, 0) is 49.4 Å². The first kappa shape index (κ1) is 18.1. The normalized spacial score (nSPS) is 13.9. The van der Waals surface area contributed by atoms with E-state index < -0.39 is 29.5 Å². The molecule has 2 aromatic carbocycles. The zero-order valence-corrected chi connectivity index (χ0v) is 14.3. The van der Waals surface area contributed by atoms with E-state index in [1.165, 1.54) is 6.92 Å². The molecule has 0 amide bonds. The van der Waals surface area contributed by atoms with Crippen LogP contribution in [0.3, 0.4) is 0 Å². The summed E-state index contributed by atoms with van der Waals surface area (Å²) in [6, 6.07) is 7.73. The van der Waals surface area contributed by atoms with Crippen LogP contribution >= 0.6 is 11.6 Å². The Hall–Kier alpha value is -2.73. The minimum Gasteiger partial charge on any atom is -0.488 e. The van der Waals surface area contributed by atoms with Crippen molar-refractivity contribution in [2.75, 3.05) is 6.61 Å². The van der Waals surface area contributed by atoms with Crippen LogP contribution in [0, 0.1) is 11.6 Å². The Balaban J connectivity index is 1.73. The van der Waals surface area contributed by atoms with Gasteiger partial charge in [0.15, 0.2) is 17.7 Å². The highest BCUT2D eigenvalue weighted by atomic mass is 35.5. The number of ether oxygens (including phenoxy) is 2. The maximum atomic E-state index is 13.3. The summed E-state index contributed by atoms with van der Waals surface area (Å²) in [5, 5.41) is 0.486. The van der Waals surface area contributed by atoms with Crippen LogP contribution in [-0.2, 0) is 9.53 Å². The Labute approximate surface area is 153 Å². The van der Waals surface area contributed by atoms with Crippen LogP contribution in [0.5, 0.6) is 5.75 Å². The Kier molecular flexibility index (Phi) is 5.04. The third-order valence-corrected chi connectivity index (χ3v) is 4.04. The smallest absolute Gasteiger partial charge is 0.338 e. The van der Waals surface area contributed by atoms with Gasteiger partial charge in [-0.3, -0.25) is 4.79 Å². The average Bonchev–Trinajstić information content (AvgIpc) is 2.62. The Morgan fingerprint density at radius 3 is 2.65 bits per heavy atom. The van der Waals surface area contributed by atoms with Gasteiger partial charge in [0.25, 0.3) is 0 Å². The number of benzene rings is 2. The average molecular weight is 379 g/mol. The number of ketones is 1. The second-order valence-corrected chi connectivity index (χ2v) is 6.12. The molecule has 0 fully saturated rings. The molecule has 0 spiro atoms. The summed E-state index contributed by atoms with van der Waals surface area (Å²) in [6.07, 6.45) is 0.399. The van der Waals surface area contributed by atoms with E-state index >= 15 is 0 Å². The van der Waals surface area contributed by atoms with Gasteiger partial charge in [0.1, 0.15) is 12.4 Å². The predicted molar refractivity (Wildman–Crippen MR) is 91.2 cm³/mol. The van der Waals surface area contributed by atoms with E-state index in [0.717, 1.165) is 18.2 Å². The number of fused-ring (bicyclic) bond motifs is 1. The molecule has 4 nitrogen and oxygen atoms in total.